The fraction of sp³-hybridized carbons (Fsp3) is 0.455. The van der Waals surface area contributed by atoms with E-state index in [2.05, 4.69) is 29.2 Å². The van der Waals surface area contributed by atoms with Crippen molar-refractivity contribution in [2.45, 2.75) is 31.8 Å². The van der Waals surface area contributed by atoms with Gasteiger partial charge in [-0.3, -0.25) is 4.79 Å². The van der Waals surface area contributed by atoms with E-state index in [-0.39, 0.29) is 12.0 Å². The zero-order valence-corrected chi connectivity index (χ0v) is 16.6. The van der Waals surface area contributed by atoms with Crippen LogP contribution in [0.4, 0.5) is 0 Å². The van der Waals surface area contributed by atoms with Crippen LogP contribution in [0.3, 0.4) is 0 Å². The minimum atomic E-state index is -0.0115. The largest absolute Gasteiger partial charge is 0.473 e. The number of carbonyl (C=O) groups is 1. The molecule has 0 aliphatic carbocycles. The summed E-state index contributed by atoms with van der Waals surface area (Å²) in [6.45, 7) is 2.93. The van der Waals surface area contributed by atoms with Crippen molar-refractivity contribution in [3.05, 3.63) is 58.7 Å². The van der Waals surface area contributed by atoms with Gasteiger partial charge in [-0.2, -0.15) is 0 Å². The Balaban J connectivity index is 1.36. The molecule has 0 N–H and O–H groups in total. The highest BCUT2D eigenvalue weighted by Gasteiger charge is 2.28. The number of likely N-dealkylation sites (tertiary alicyclic amines) is 1. The summed E-state index contributed by atoms with van der Waals surface area (Å²) in [5.41, 5.74) is 1.84. The molecule has 2 saturated heterocycles. The quantitative estimate of drug-likeness (QED) is 0.761. The number of aromatic nitrogens is 1. The van der Waals surface area contributed by atoms with Crippen LogP contribution in [0.1, 0.15) is 35.2 Å². The van der Waals surface area contributed by atoms with Crippen LogP contribution in [0, 0.1) is 5.92 Å². The van der Waals surface area contributed by atoms with Crippen LogP contribution in [-0.2, 0) is 11.2 Å². The highest BCUT2D eigenvalue weighted by Crippen LogP contribution is 2.27. The number of carbonyl (C=O) groups excluding carboxylic acids is 1. The number of rotatable bonds is 5. The van der Waals surface area contributed by atoms with E-state index >= 15 is 0 Å². The maximum atomic E-state index is 12.9. The molecule has 0 spiro atoms. The van der Waals surface area contributed by atoms with Crippen molar-refractivity contribution in [2.75, 3.05) is 26.3 Å². The Kier molecular flexibility index (Phi) is 6.13. The summed E-state index contributed by atoms with van der Waals surface area (Å²) in [6, 6.07) is 12.1. The van der Waals surface area contributed by atoms with E-state index in [0.29, 0.717) is 35.6 Å². The summed E-state index contributed by atoms with van der Waals surface area (Å²) in [6.07, 6.45) is 5.32. The van der Waals surface area contributed by atoms with Gasteiger partial charge in [-0.25, -0.2) is 4.98 Å². The predicted octanol–water partition coefficient (Wildman–Crippen LogP) is 4.00. The van der Waals surface area contributed by atoms with Crippen LogP contribution >= 0.6 is 11.6 Å². The lowest BCUT2D eigenvalue weighted by molar-refractivity contribution is 0.0238. The van der Waals surface area contributed by atoms with Crippen molar-refractivity contribution in [1.82, 2.24) is 9.88 Å². The molecule has 3 heterocycles. The molecule has 1 amide bonds. The second-order valence-corrected chi connectivity index (χ2v) is 7.94. The van der Waals surface area contributed by atoms with Crippen molar-refractivity contribution >= 4 is 17.5 Å². The summed E-state index contributed by atoms with van der Waals surface area (Å²) in [5, 5.41) is 0.386. The second kappa shape index (κ2) is 8.93. The third-order valence-corrected chi connectivity index (χ3v) is 5.71. The maximum Gasteiger partial charge on any atom is 0.255 e. The number of amides is 1. The Labute approximate surface area is 170 Å². The molecule has 5 nitrogen and oxygen atoms in total. The minimum Gasteiger partial charge on any atom is -0.473 e. The van der Waals surface area contributed by atoms with Gasteiger partial charge in [0, 0.05) is 32.1 Å². The topological polar surface area (TPSA) is 51.7 Å². The smallest absolute Gasteiger partial charge is 0.255 e. The third-order valence-electron chi connectivity index (χ3n) is 5.44. The standard InChI is InChI=1S/C22H25ClN2O3/c23-20-13-18(14-24-21(20)28-19-7-10-27-11-8-19)22(26)25-9-6-17(15-25)12-16-4-2-1-3-5-16/h1-5,13-14,17,19H,6-12,15H2. The fourth-order valence-corrected chi connectivity index (χ4v) is 4.11. The molecule has 0 saturated carbocycles. The normalized spacial score (nSPS) is 20.3. The molecule has 0 radical (unpaired) electrons. The van der Waals surface area contributed by atoms with E-state index in [4.69, 9.17) is 21.1 Å². The number of nitrogens with zero attached hydrogens (tertiary/aromatic N) is 2. The Morgan fingerprint density at radius 3 is 2.75 bits per heavy atom. The van der Waals surface area contributed by atoms with E-state index in [9.17, 15) is 4.79 Å². The Bertz CT molecular complexity index is 809. The van der Waals surface area contributed by atoms with Gasteiger partial charge in [0.2, 0.25) is 5.88 Å². The Hall–Kier alpha value is -2.11. The van der Waals surface area contributed by atoms with E-state index in [0.717, 1.165) is 38.8 Å². The number of pyridine rings is 1. The summed E-state index contributed by atoms with van der Waals surface area (Å²) >= 11 is 6.35. The number of halogens is 1. The lowest BCUT2D eigenvalue weighted by Crippen LogP contribution is -2.29. The van der Waals surface area contributed by atoms with Crippen LogP contribution < -0.4 is 4.74 Å². The maximum absolute atomic E-state index is 12.9. The Morgan fingerprint density at radius 1 is 1.21 bits per heavy atom. The first-order valence-electron chi connectivity index (χ1n) is 9.92. The van der Waals surface area contributed by atoms with E-state index in [1.807, 2.05) is 11.0 Å². The SMILES string of the molecule is O=C(c1cnc(OC2CCOCC2)c(Cl)c1)N1CCC(Cc2ccccc2)C1. The zero-order valence-electron chi connectivity index (χ0n) is 15.9. The van der Waals surface area contributed by atoms with Crippen molar-refractivity contribution in [3.8, 4) is 5.88 Å². The van der Waals surface area contributed by atoms with Crippen LogP contribution in [-0.4, -0.2) is 48.2 Å². The van der Waals surface area contributed by atoms with Crippen LogP contribution in [0.25, 0.3) is 0 Å². The molecule has 0 bridgehead atoms. The van der Waals surface area contributed by atoms with Crippen LogP contribution in [0.15, 0.2) is 42.6 Å². The molecule has 1 aromatic carbocycles. The van der Waals surface area contributed by atoms with Crippen molar-refractivity contribution in [2.24, 2.45) is 5.92 Å². The van der Waals surface area contributed by atoms with Gasteiger partial charge < -0.3 is 14.4 Å². The average Bonchev–Trinajstić information content (AvgIpc) is 3.19. The molecular formula is C22H25ClN2O3. The molecular weight excluding hydrogens is 376 g/mol. The van der Waals surface area contributed by atoms with Gasteiger partial charge in [-0.15, -0.1) is 0 Å². The van der Waals surface area contributed by atoms with E-state index < -0.39 is 0 Å². The molecule has 2 aliphatic rings. The van der Waals surface area contributed by atoms with E-state index in [1.54, 1.807) is 12.3 Å². The van der Waals surface area contributed by atoms with E-state index in [1.165, 1.54) is 5.56 Å². The lowest BCUT2D eigenvalue weighted by atomic mass is 9.99. The lowest BCUT2D eigenvalue weighted by Gasteiger charge is -2.23. The second-order valence-electron chi connectivity index (χ2n) is 7.54. The third kappa shape index (κ3) is 4.65. The molecule has 6 heteroatoms. The fourth-order valence-electron chi connectivity index (χ4n) is 3.89. The highest BCUT2D eigenvalue weighted by molar-refractivity contribution is 6.32. The molecule has 1 atom stereocenters. The van der Waals surface area contributed by atoms with Gasteiger partial charge >= 0.3 is 0 Å². The van der Waals surface area contributed by atoms with Gasteiger partial charge in [0.25, 0.3) is 5.91 Å². The molecule has 28 heavy (non-hydrogen) atoms. The van der Waals surface area contributed by atoms with Gasteiger partial charge in [0.05, 0.1) is 18.8 Å². The summed E-state index contributed by atoms with van der Waals surface area (Å²) in [7, 11) is 0. The number of benzene rings is 1. The molecule has 4 rings (SSSR count). The van der Waals surface area contributed by atoms with Crippen LogP contribution in [0.5, 0.6) is 5.88 Å². The minimum absolute atomic E-state index is 0.0115. The summed E-state index contributed by atoms with van der Waals surface area (Å²) in [4.78, 5) is 19.1. The summed E-state index contributed by atoms with van der Waals surface area (Å²) < 4.78 is 11.2. The van der Waals surface area contributed by atoms with Crippen molar-refractivity contribution < 1.29 is 14.3 Å². The van der Waals surface area contributed by atoms with Gasteiger partial charge in [0.1, 0.15) is 11.1 Å². The highest BCUT2D eigenvalue weighted by atomic mass is 35.5. The van der Waals surface area contributed by atoms with Crippen molar-refractivity contribution in [3.63, 3.8) is 0 Å². The molecule has 2 fully saturated rings. The number of ether oxygens (including phenoxy) is 2. The average molecular weight is 401 g/mol. The molecule has 148 valence electrons. The first kappa shape index (κ1) is 19.2. The molecule has 1 unspecified atom stereocenters. The number of hydrogen-bond acceptors (Lipinski definition) is 4. The molecule has 1 aromatic heterocycles. The van der Waals surface area contributed by atoms with Crippen molar-refractivity contribution in [1.29, 1.82) is 0 Å². The van der Waals surface area contributed by atoms with Gasteiger partial charge in [-0.05, 0) is 30.4 Å². The monoisotopic (exact) mass is 400 g/mol. The number of hydrogen-bond donors (Lipinski definition) is 0. The first-order valence-corrected chi connectivity index (χ1v) is 10.3. The molecule has 2 aromatic rings. The zero-order chi connectivity index (χ0) is 19.3. The predicted molar refractivity (Wildman–Crippen MR) is 108 cm³/mol. The first-order chi connectivity index (χ1) is 13.7. The van der Waals surface area contributed by atoms with Gasteiger partial charge in [-0.1, -0.05) is 41.9 Å². The van der Waals surface area contributed by atoms with Crippen LogP contribution in [0.2, 0.25) is 5.02 Å². The molecule has 2 aliphatic heterocycles. The Morgan fingerprint density at radius 2 is 2.00 bits per heavy atom. The summed E-state index contributed by atoms with van der Waals surface area (Å²) in [5.74, 6) is 0.877. The van der Waals surface area contributed by atoms with Gasteiger partial charge in [0.15, 0.2) is 0 Å².